The molecule has 2 unspecified atom stereocenters. The van der Waals surface area contributed by atoms with Gasteiger partial charge in [0.25, 0.3) is 0 Å². The number of carbonyl (C=O) groups excluding carboxylic acids is 2. The molecule has 2 saturated carbocycles. The highest BCUT2D eigenvalue weighted by Gasteiger charge is 2.43. The van der Waals surface area contributed by atoms with Gasteiger partial charge in [-0.15, -0.1) is 11.3 Å². The van der Waals surface area contributed by atoms with Gasteiger partial charge >= 0.3 is 5.97 Å². The summed E-state index contributed by atoms with van der Waals surface area (Å²) >= 11 is 1.75. The van der Waals surface area contributed by atoms with Crippen LogP contribution < -0.4 is 0 Å². The fraction of sp³-hybridized carbons (Fsp3) is 0.692. The first kappa shape index (κ1) is 25.1. The van der Waals surface area contributed by atoms with E-state index < -0.39 is 12.2 Å². The van der Waals surface area contributed by atoms with Crippen LogP contribution in [-0.4, -0.2) is 41.3 Å². The van der Waals surface area contributed by atoms with E-state index in [0.717, 1.165) is 51.4 Å². The third-order valence-corrected chi connectivity index (χ3v) is 8.36. The number of hydrogen-bond donors (Lipinski definition) is 2. The first-order valence-electron chi connectivity index (χ1n) is 12.1. The minimum absolute atomic E-state index is 0.0249. The smallest absolute Gasteiger partial charge is 0.305 e. The van der Waals surface area contributed by atoms with Gasteiger partial charge in [-0.25, -0.2) is 0 Å². The van der Waals surface area contributed by atoms with Crippen molar-refractivity contribution in [2.75, 3.05) is 7.11 Å². The summed E-state index contributed by atoms with van der Waals surface area (Å²) in [6.45, 7) is 0. The standard InChI is InChI=1S/C26H38O5S/c1-31-25(30)13-5-3-2-4-10-20-21(23(28)17-22(20)27)11-6-12-24(29)26(14-8-15-26)18-19-9-7-16-32-19/h6-7,9,11,16,20-21,23-24,28-29H,2-5,8,10,12-15,17-18H2,1H3/t20-,21-,23?,24?/m1/s1. The molecule has 0 spiro atoms. The van der Waals surface area contributed by atoms with Crippen LogP contribution in [0.3, 0.4) is 0 Å². The molecule has 2 aliphatic rings. The average Bonchev–Trinajstić information content (AvgIpc) is 3.35. The van der Waals surface area contributed by atoms with E-state index in [2.05, 4.69) is 22.2 Å². The molecular formula is C26H38O5S. The molecule has 0 bridgehead atoms. The number of esters is 1. The summed E-state index contributed by atoms with van der Waals surface area (Å²) in [5, 5.41) is 23.5. The van der Waals surface area contributed by atoms with Gasteiger partial charge in [0.2, 0.25) is 0 Å². The summed E-state index contributed by atoms with van der Waals surface area (Å²) < 4.78 is 4.65. The van der Waals surface area contributed by atoms with Crippen molar-refractivity contribution in [1.82, 2.24) is 0 Å². The molecule has 0 aliphatic heterocycles. The number of aliphatic hydroxyl groups is 2. The molecule has 0 amide bonds. The molecule has 1 heterocycles. The van der Waals surface area contributed by atoms with Crippen LogP contribution in [0.25, 0.3) is 0 Å². The third kappa shape index (κ3) is 6.52. The number of aliphatic hydroxyl groups excluding tert-OH is 2. The van der Waals surface area contributed by atoms with Gasteiger partial charge in [0, 0.05) is 35.0 Å². The van der Waals surface area contributed by atoms with Crippen molar-refractivity contribution in [3.8, 4) is 0 Å². The molecule has 3 rings (SSSR count). The second kappa shape index (κ2) is 12.1. The highest BCUT2D eigenvalue weighted by atomic mass is 32.1. The molecule has 0 radical (unpaired) electrons. The normalized spacial score (nSPS) is 25.7. The number of carbonyl (C=O) groups is 2. The molecule has 2 N–H and O–H groups in total. The van der Waals surface area contributed by atoms with Gasteiger partial charge in [0.1, 0.15) is 5.78 Å². The van der Waals surface area contributed by atoms with Crippen LogP contribution in [0.1, 0.15) is 75.5 Å². The Kier molecular flexibility index (Phi) is 9.50. The lowest BCUT2D eigenvalue weighted by Crippen LogP contribution is -2.42. The molecule has 178 valence electrons. The third-order valence-electron chi connectivity index (χ3n) is 7.49. The topological polar surface area (TPSA) is 83.8 Å². The number of ether oxygens (including phenoxy) is 1. The Labute approximate surface area is 195 Å². The molecule has 4 atom stereocenters. The fourth-order valence-electron chi connectivity index (χ4n) is 5.31. The molecule has 0 aromatic carbocycles. The maximum atomic E-state index is 12.4. The summed E-state index contributed by atoms with van der Waals surface area (Å²) in [5.41, 5.74) is -0.0249. The maximum absolute atomic E-state index is 12.4. The van der Waals surface area contributed by atoms with E-state index >= 15 is 0 Å². The Morgan fingerprint density at radius 1 is 1.31 bits per heavy atom. The summed E-state index contributed by atoms with van der Waals surface area (Å²) in [6.07, 6.45) is 12.8. The quantitative estimate of drug-likeness (QED) is 0.249. The summed E-state index contributed by atoms with van der Waals surface area (Å²) in [5.74, 6) is -0.317. The summed E-state index contributed by atoms with van der Waals surface area (Å²) in [6, 6.07) is 4.21. The molecule has 2 fully saturated rings. The van der Waals surface area contributed by atoms with E-state index in [1.165, 1.54) is 18.4 Å². The van der Waals surface area contributed by atoms with Crippen molar-refractivity contribution in [3.05, 3.63) is 34.5 Å². The fourth-order valence-corrected chi connectivity index (χ4v) is 6.17. The first-order chi connectivity index (χ1) is 15.4. The largest absolute Gasteiger partial charge is 0.469 e. The number of rotatable bonds is 13. The number of unbranched alkanes of at least 4 members (excludes halogenated alkanes) is 3. The van der Waals surface area contributed by atoms with Crippen LogP contribution in [0.2, 0.25) is 0 Å². The molecule has 0 saturated heterocycles. The number of methoxy groups -OCH3 is 1. The van der Waals surface area contributed by atoms with Gasteiger partial charge in [0.15, 0.2) is 0 Å². The lowest BCUT2D eigenvalue weighted by atomic mass is 9.62. The lowest BCUT2D eigenvalue weighted by molar-refractivity contribution is -0.140. The molecule has 32 heavy (non-hydrogen) atoms. The summed E-state index contributed by atoms with van der Waals surface area (Å²) in [4.78, 5) is 24.9. The number of hydrogen-bond acceptors (Lipinski definition) is 6. The zero-order valence-electron chi connectivity index (χ0n) is 19.2. The molecule has 1 aromatic heterocycles. The molecule has 5 nitrogen and oxygen atoms in total. The van der Waals surface area contributed by atoms with Crippen LogP contribution in [0.15, 0.2) is 29.7 Å². The van der Waals surface area contributed by atoms with Gasteiger partial charge in [0.05, 0.1) is 19.3 Å². The van der Waals surface area contributed by atoms with Crippen LogP contribution in [-0.2, 0) is 20.7 Å². The van der Waals surface area contributed by atoms with E-state index in [0.29, 0.717) is 12.8 Å². The zero-order valence-corrected chi connectivity index (χ0v) is 20.0. The van der Waals surface area contributed by atoms with E-state index in [-0.39, 0.29) is 35.4 Å². The predicted octanol–water partition coefficient (Wildman–Crippen LogP) is 4.85. The van der Waals surface area contributed by atoms with Crippen molar-refractivity contribution < 1.29 is 24.5 Å². The molecule has 1 aromatic rings. The van der Waals surface area contributed by atoms with E-state index in [4.69, 9.17) is 0 Å². The average molecular weight is 463 g/mol. The van der Waals surface area contributed by atoms with Crippen LogP contribution >= 0.6 is 11.3 Å². The van der Waals surface area contributed by atoms with Crippen LogP contribution in [0, 0.1) is 17.3 Å². The van der Waals surface area contributed by atoms with Crippen molar-refractivity contribution in [2.45, 2.75) is 89.3 Å². The van der Waals surface area contributed by atoms with E-state index in [1.54, 1.807) is 11.3 Å². The molecule has 2 aliphatic carbocycles. The van der Waals surface area contributed by atoms with Gasteiger partial charge in [-0.2, -0.15) is 0 Å². The Morgan fingerprint density at radius 2 is 2.09 bits per heavy atom. The lowest BCUT2D eigenvalue weighted by Gasteiger charge is -2.45. The highest BCUT2D eigenvalue weighted by Crippen LogP contribution is 2.48. The second-order valence-corrected chi connectivity index (χ2v) is 10.6. The SMILES string of the molecule is COC(=O)CCCCCC[C@H]1C(=O)CC(O)[C@@H]1C=CCC(O)C1(Cc2cccs2)CCC1. The van der Waals surface area contributed by atoms with Crippen molar-refractivity contribution in [2.24, 2.45) is 17.3 Å². The molecular weight excluding hydrogens is 424 g/mol. The first-order valence-corrected chi connectivity index (χ1v) is 13.0. The number of Topliss-reactive ketones (excluding diaryl/α,β-unsaturated/α-hetero) is 1. The Balaban J connectivity index is 1.46. The Morgan fingerprint density at radius 3 is 2.75 bits per heavy atom. The summed E-state index contributed by atoms with van der Waals surface area (Å²) in [7, 11) is 1.40. The van der Waals surface area contributed by atoms with Crippen molar-refractivity contribution >= 4 is 23.1 Å². The number of ketones is 1. The molecule has 6 heteroatoms. The van der Waals surface area contributed by atoms with Gasteiger partial charge < -0.3 is 14.9 Å². The van der Waals surface area contributed by atoms with Gasteiger partial charge in [-0.1, -0.05) is 43.9 Å². The minimum atomic E-state index is -0.621. The minimum Gasteiger partial charge on any atom is -0.469 e. The zero-order chi connectivity index (χ0) is 23.0. The Bertz CT molecular complexity index is 752. The van der Waals surface area contributed by atoms with Gasteiger partial charge in [-0.3, -0.25) is 9.59 Å². The van der Waals surface area contributed by atoms with Crippen molar-refractivity contribution in [1.29, 1.82) is 0 Å². The van der Waals surface area contributed by atoms with Crippen LogP contribution in [0.4, 0.5) is 0 Å². The second-order valence-electron chi connectivity index (χ2n) is 9.60. The van der Waals surface area contributed by atoms with E-state index in [9.17, 15) is 19.8 Å². The Hall–Kier alpha value is -1.50. The predicted molar refractivity (Wildman–Crippen MR) is 126 cm³/mol. The monoisotopic (exact) mass is 462 g/mol. The van der Waals surface area contributed by atoms with Gasteiger partial charge in [-0.05, 0) is 50.0 Å². The van der Waals surface area contributed by atoms with Crippen LogP contribution in [0.5, 0.6) is 0 Å². The van der Waals surface area contributed by atoms with Crippen molar-refractivity contribution in [3.63, 3.8) is 0 Å². The highest BCUT2D eigenvalue weighted by molar-refractivity contribution is 7.09. The van der Waals surface area contributed by atoms with E-state index in [1.807, 2.05) is 12.2 Å². The maximum Gasteiger partial charge on any atom is 0.305 e. The number of thiophene rings is 1.